The summed E-state index contributed by atoms with van der Waals surface area (Å²) in [6, 6.07) is 17.0. The Morgan fingerprint density at radius 3 is 2.48 bits per heavy atom. The Bertz CT molecular complexity index is 1250. The van der Waals surface area contributed by atoms with Gasteiger partial charge in [0.15, 0.2) is 0 Å². The van der Waals surface area contributed by atoms with Gasteiger partial charge in [-0.15, -0.1) is 0 Å². The molecule has 2 aromatic carbocycles. The Morgan fingerprint density at radius 1 is 1.03 bits per heavy atom. The highest BCUT2D eigenvalue weighted by molar-refractivity contribution is 6.13. The lowest BCUT2D eigenvalue weighted by Crippen LogP contribution is -2.14. The molecule has 7 heteroatoms. The quantitative estimate of drug-likeness (QED) is 0.505. The number of methoxy groups -OCH3 is 2. The molecular formula is C24H24N4O3. The van der Waals surface area contributed by atoms with Crippen molar-refractivity contribution in [2.45, 2.75) is 20.4 Å². The van der Waals surface area contributed by atoms with Crippen molar-refractivity contribution in [2.24, 2.45) is 0 Å². The number of benzene rings is 2. The van der Waals surface area contributed by atoms with Crippen LogP contribution in [0.25, 0.3) is 10.9 Å². The number of nitrogens with zero attached hydrogens (tertiary/aromatic N) is 3. The monoisotopic (exact) mass is 416 g/mol. The van der Waals surface area contributed by atoms with Gasteiger partial charge in [0.2, 0.25) is 5.88 Å². The second kappa shape index (κ2) is 8.47. The van der Waals surface area contributed by atoms with Crippen LogP contribution in [0.15, 0.2) is 54.6 Å². The number of hydrogen-bond donors (Lipinski definition) is 1. The third-order valence-electron chi connectivity index (χ3n) is 5.26. The van der Waals surface area contributed by atoms with Crippen LogP contribution >= 0.6 is 0 Å². The van der Waals surface area contributed by atoms with E-state index >= 15 is 0 Å². The normalized spacial score (nSPS) is 10.8. The molecule has 0 spiro atoms. The zero-order valence-corrected chi connectivity index (χ0v) is 18.0. The van der Waals surface area contributed by atoms with E-state index in [1.165, 1.54) is 7.11 Å². The van der Waals surface area contributed by atoms with Crippen LogP contribution in [0.1, 0.15) is 27.3 Å². The molecule has 1 N–H and O–H groups in total. The van der Waals surface area contributed by atoms with Gasteiger partial charge in [0, 0.05) is 11.5 Å². The summed E-state index contributed by atoms with van der Waals surface area (Å²) in [4.78, 5) is 17.6. The summed E-state index contributed by atoms with van der Waals surface area (Å²) >= 11 is 0. The van der Waals surface area contributed by atoms with Crippen LogP contribution < -0.4 is 14.8 Å². The fraction of sp³-hybridized carbons (Fsp3) is 0.208. The molecule has 2 aromatic heterocycles. The maximum Gasteiger partial charge on any atom is 0.256 e. The van der Waals surface area contributed by atoms with Gasteiger partial charge in [-0.25, -0.2) is 4.98 Å². The zero-order chi connectivity index (χ0) is 22.0. The van der Waals surface area contributed by atoms with E-state index in [0.717, 1.165) is 28.1 Å². The predicted molar refractivity (Wildman–Crippen MR) is 120 cm³/mol. The molecule has 0 unspecified atom stereocenters. The molecule has 0 aliphatic carbocycles. The van der Waals surface area contributed by atoms with Gasteiger partial charge >= 0.3 is 0 Å². The SMILES string of the molecule is COc1ccc(Cn2nc(C)c(NC(=O)c3cc(OC)nc4ccccc34)c2C)cc1. The number of hydrogen-bond acceptors (Lipinski definition) is 5. The molecule has 0 fully saturated rings. The van der Waals surface area contributed by atoms with Crippen LogP contribution in [0.5, 0.6) is 11.6 Å². The minimum atomic E-state index is -0.230. The molecule has 0 atom stereocenters. The van der Waals surface area contributed by atoms with Gasteiger partial charge in [0.05, 0.1) is 48.9 Å². The molecule has 0 saturated carbocycles. The number of carbonyl (C=O) groups is 1. The summed E-state index contributed by atoms with van der Waals surface area (Å²) in [6.07, 6.45) is 0. The molecular weight excluding hydrogens is 392 g/mol. The van der Waals surface area contributed by atoms with Gasteiger partial charge in [-0.3, -0.25) is 9.48 Å². The van der Waals surface area contributed by atoms with Gasteiger partial charge in [-0.2, -0.15) is 5.10 Å². The predicted octanol–water partition coefficient (Wildman–Crippen LogP) is 4.37. The topological polar surface area (TPSA) is 78.3 Å². The van der Waals surface area contributed by atoms with Crippen molar-refractivity contribution >= 4 is 22.5 Å². The highest BCUT2D eigenvalue weighted by Gasteiger charge is 2.18. The number of pyridine rings is 1. The van der Waals surface area contributed by atoms with Crippen LogP contribution in [-0.2, 0) is 6.54 Å². The molecule has 158 valence electrons. The van der Waals surface area contributed by atoms with E-state index in [-0.39, 0.29) is 5.91 Å². The van der Waals surface area contributed by atoms with Crippen molar-refractivity contribution < 1.29 is 14.3 Å². The summed E-state index contributed by atoms with van der Waals surface area (Å²) in [7, 11) is 3.18. The van der Waals surface area contributed by atoms with E-state index in [1.54, 1.807) is 13.2 Å². The fourth-order valence-corrected chi connectivity index (χ4v) is 3.56. The lowest BCUT2D eigenvalue weighted by atomic mass is 10.1. The molecule has 0 saturated heterocycles. The minimum Gasteiger partial charge on any atom is -0.497 e. The summed E-state index contributed by atoms with van der Waals surface area (Å²) in [5.41, 5.74) is 4.64. The highest BCUT2D eigenvalue weighted by atomic mass is 16.5. The molecule has 0 radical (unpaired) electrons. The number of aromatic nitrogens is 3. The maximum atomic E-state index is 13.2. The summed E-state index contributed by atoms with van der Waals surface area (Å²) < 4.78 is 12.4. The number of fused-ring (bicyclic) bond motifs is 1. The second-order valence-corrected chi connectivity index (χ2v) is 7.23. The Hall–Kier alpha value is -3.87. The summed E-state index contributed by atoms with van der Waals surface area (Å²) in [6.45, 7) is 4.43. The largest absolute Gasteiger partial charge is 0.497 e. The maximum absolute atomic E-state index is 13.2. The second-order valence-electron chi connectivity index (χ2n) is 7.23. The first-order valence-corrected chi connectivity index (χ1v) is 9.92. The zero-order valence-electron chi connectivity index (χ0n) is 18.0. The number of aryl methyl sites for hydroxylation is 1. The molecule has 0 aliphatic heterocycles. The van der Waals surface area contributed by atoms with Crippen molar-refractivity contribution in [1.29, 1.82) is 0 Å². The molecule has 4 rings (SSSR count). The fourth-order valence-electron chi connectivity index (χ4n) is 3.56. The summed E-state index contributed by atoms with van der Waals surface area (Å²) in [5, 5.41) is 8.43. The molecule has 0 bridgehead atoms. The first kappa shape index (κ1) is 20.4. The average molecular weight is 416 g/mol. The van der Waals surface area contributed by atoms with Crippen molar-refractivity contribution in [3.63, 3.8) is 0 Å². The lowest BCUT2D eigenvalue weighted by Gasteiger charge is -2.11. The molecule has 2 heterocycles. The van der Waals surface area contributed by atoms with Gasteiger partial charge < -0.3 is 14.8 Å². The number of amides is 1. The average Bonchev–Trinajstić information content (AvgIpc) is 3.06. The van der Waals surface area contributed by atoms with E-state index in [0.29, 0.717) is 29.2 Å². The van der Waals surface area contributed by atoms with Gasteiger partial charge in [0.1, 0.15) is 5.75 Å². The van der Waals surface area contributed by atoms with Crippen LogP contribution in [0.2, 0.25) is 0 Å². The van der Waals surface area contributed by atoms with Crippen molar-refractivity contribution in [1.82, 2.24) is 14.8 Å². The minimum absolute atomic E-state index is 0.230. The van der Waals surface area contributed by atoms with Crippen LogP contribution in [0, 0.1) is 13.8 Å². The molecule has 4 aromatic rings. The van der Waals surface area contributed by atoms with E-state index in [2.05, 4.69) is 15.4 Å². The molecule has 0 aliphatic rings. The Kier molecular flexibility index (Phi) is 5.58. The number of nitrogens with one attached hydrogen (secondary N) is 1. The number of para-hydroxylation sites is 1. The third kappa shape index (κ3) is 4.07. The van der Waals surface area contributed by atoms with Crippen molar-refractivity contribution in [2.75, 3.05) is 19.5 Å². The van der Waals surface area contributed by atoms with Crippen molar-refractivity contribution in [3.05, 3.63) is 77.1 Å². The number of rotatable bonds is 6. The van der Waals surface area contributed by atoms with Crippen molar-refractivity contribution in [3.8, 4) is 11.6 Å². The van der Waals surface area contributed by atoms with E-state index in [4.69, 9.17) is 9.47 Å². The van der Waals surface area contributed by atoms with Crippen LogP contribution in [-0.4, -0.2) is 34.9 Å². The molecule has 1 amide bonds. The Labute approximate surface area is 180 Å². The number of ether oxygens (including phenoxy) is 2. The molecule has 31 heavy (non-hydrogen) atoms. The van der Waals surface area contributed by atoms with Gasteiger partial charge in [0.25, 0.3) is 5.91 Å². The standard InChI is InChI=1S/C24H24N4O3/c1-15-23(16(2)28(27-15)14-17-9-11-18(30-3)12-10-17)26-24(29)20-13-22(31-4)25-21-8-6-5-7-19(20)21/h5-13H,14H2,1-4H3,(H,26,29). The Balaban J connectivity index is 1.63. The number of carbonyl (C=O) groups excluding carboxylic acids is 1. The van der Waals surface area contributed by atoms with Gasteiger partial charge in [-0.05, 0) is 37.6 Å². The van der Waals surface area contributed by atoms with E-state index in [1.807, 2.05) is 67.1 Å². The highest BCUT2D eigenvalue weighted by Crippen LogP contribution is 2.26. The molecule has 7 nitrogen and oxygen atoms in total. The van der Waals surface area contributed by atoms with E-state index < -0.39 is 0 Å². The smallest absolute Gasteiger partial charge is 0.256 e. The van der Waals surface area contributed by atoms with Crippen LogP contribution in [0.4, 0.5) is 5.69 Å². The first-order chi connectivity index (χ1) is 15.0. The Morgan fingerprint density at radius 2 is 1.77 bits per heavy atom. The third-order valence-corrected chi connectivity index (χ3v) is 5.26. The van der Waals surface area contributed by atoms with Crippen LogP contribution in [0.3, 0.4) is 0 Å². The lowest BCUT2D eigenvalue weighted by molar-refractivity contribution is 0.102. The summed E-state index contributed by atoms with van der Waals surface area (Å²) in [5.74, 6) is 0.977. The number of anilines is 1. The van der Waals surface area contributed by atoms with E-state index in [9.17, 15) is 4.79 Å². The van der Waals surface area contributed by atoms with Gasteiger partial charge in [-0.1, -0.05) is 30.3 Å². The first-order valence-electron chi connectivity index (χ1n) is 9.92.